The summed E-state index contributed by atoms with van der Waals surface area (Å²) in [5.74, 6) is -0.271. The molecule has 5 heteroatoms. The molecule has 0 fully saturated rings. The van der Waals surface area contributed by atoms with Crippen LogP contribution in [0.5, 0.6) is 0 Å². The van der Waals surface area contributed by atoms with Crippen molar-refractivity contribution in [3.8, 4) is 5.69 Å². The summed E-state index contributed by atoms with van der Waals surface area (Å²) in [6.07, 6.45) is 1.28. The van der Waals surface area contributed by atoms with Crippen molar-refractivity contribution in [1.29, 1.82) is 0 Å². The zero-order valence-electron chi connectivity index (χ0n) is 9.10. The third-order valence-corrected chi connectivity index (χ3v) is 2.90. The zero-order chi connectivity index (χ0) is 11.8. The number of nitrogens with one attached hydrogen (secondary N) is 1. The molecule has 0 spiro atoms. The molecule has 1 aromatic carbocycles. The van der Waals surface area contributed by atoms with Gasteiger partial charge in [0.1, 0.15) is 5.82 Å². The summed E-state index contributed by atoms with van der Waals surface area (Å²) in [5, 5.41) is 17.2. The Morgan fingerprint density at radius 1 is 1.35 bits per heavy atom. The first kappa shape index (κ1) is 10.4. The maximum atomic E-state index is 12.8. The van der Waals surface area contributed by atoms with Gasteiger partial charge < -0.3 is 10.4 Å². The van der Waals surface area contributed by atoms with Gasteiger partial charge in [0.05, 0.1) is 17.5 Å². The number of hydrogen-bond acceptors (Lipinski definition) is 3. The largest absolute Gasteiger partial charge is 0.387 e. The highest BCUT2D eigenvalue weighted by Gasteiger charge is 2.21. The topological polar surface area (TPSA) is 50.1 Å². The average molecular weight is 233 g/mol. The minimum atomic E-state index is -0.520. The Morgan fingerprint density at radius 2 is 2.12 bits per heavy atom. The second-order valence-electron chi connectivity index (χ2n) is 4.10. The molecule has 88 valence electrons. The summed E-state index contributed by atoms with van der Waals surface area (Å²) in [6.45, 7) is 1.20. The molecule has 1 atom stereocenters. The fourth-order valence-corrected chi connectivity index (χ4v) is 2.00. The van der Waals surface area contributed by atoms with Crippen LogP contribution in [-0.2, 0) is 6.54 Å². The highest BCUT2D eigenvalue weighted by Crippen LogP contribution is 2.22. The molecule has 1 aliphatic heterocycles. The lowest BCUT2D eigenvalue weighted by atomic mass is 10.1. The Labute approximate surface area is 97.7 Å². The quantitative estimate of drug-likeness (QED) is 0.776. The minimum Gasteiger partial charge on any atom is -0.387 e. The summed E-state index contributed by atoms with van der Waals surface area (Å²) in [7, 11) is 0. The van der Waals surface area contributed by atoms with Gasteiger partial charge in [-0.1, -0.05) is 0 Å². The molecule has 0 radical (unpaired) electrons. The number of nitrogens with zero attached hydrogens (tertiary/aromatic N) is 2. The van der Waals surface area contributed by atoms with Crippen LogP contribution in [0.2, 0.25) is 0 Å². The maximum absolute atomic E-state index is 12.8. The number of benzene rings is 1. The van der Waals surface area contributed by atoms with Crippen LogP contribution in [0.25, 0.3) is 5.69 Å². The standard InChI is InChI=1S/C12H12FN3O/c13-8-1-3-9(4-2-8)16-7-10-11(15-16)5-14-6-12(10)17/h1-4,7,12,14,17H,5-6H2. The minimum absolute atomic E-state index is 0.271. The van der Waals surface area contributed by atoms with E-state index in [9.17, 15) is 9.50 Å². The van der Waals surface area contributed by atoms with E-state index in [1.54, 1.807) is 23.0 Å². The Bertz CT molecular complexity index is 535. The highest BCUT2D eigenvalue weighted by atomic mass is 19.1. The smallest absolute Gasteiger partial charge is 0.123 e. The van der Waals surface area contributed by atoms with Crippen LogP contribution in [0.4, 0.5) is 4.39 Å². The number of fused-ring (bicyclic) bond motifs is 1. The molecule has 17 heavy (non-hydrogen) atoms. The predicted octanol–water partition coefficient (Wildman–Crippen LogP) is 1.15. The molecule has 2 aromatic rings. The summed E-state index contributed by atoms with van der Waals surface area (Å²) in [6, 6.07) is 6.11. The van der Waals surface area contributed by atoms with Crippen molar-refractivity contribution >= 4 is 0 Å². The van der Waals surface area contributed by atoms with E-state index in [0.717, 1.165) is 16.9 Å². The number of aliphatic hydroxyl groups is 1. The third kappa shape index (κ3) is 1.83. The van der Waals surface area contributed by atoms with Crippen LogP contribution in [0.3, 0.4) is 0 Å². The molecular formula is C12H12FN3O. The molecule has 2 N–H and O–H groups in total. The molecule has 4 nitrogen and oxygen atoms in total. The number of β-amino-alcohol motifs (C(OH)–C–C–N with tert-alkyl or cyclic N) is 1. The summed E-state index contributed by atoms with van der Waals surface area (Å²) in [5.41, 5.74) is 2.47. The average Bonchev–Trinajstić information content (AvgIpc) is 2.75. The Hall–Kier alpha value is -1.72. The van der Waals surface area contributed by atoms with Gasteiger partial charge in [0.25, 0.3) is 0 Å². The van der Waals surface area contributed by atoms with Crippen molar-refractivity contribution in [1.82, 2.24) is 15.1 Å². The fourth-order valence-electron chi connectivity index (χ4n) is 2.00. The predicted molar refractivity (Wildman–Crippen MR) is 60.2 cm³/mol. The second kappa shape index (κ2) is 3.94. The van der Waals surface area contributed by atoms with Gasteiger partial charge in [0.2, 0.25) is 0 Å². The highest BCUT2D eigenvalue weighted by molar-refractivity contribution is 5.34. The van der Waals surface area contributed by atoms with Crippen LogP contribution in [0.1, 0.15) is 17.4 Å². The van der Waals surface area contributed by atoms with E-state index in [0.29, 0.717) is 13.1 Å². The Kier molecular flexibility index (Phi) is 2.42. The molecule has 0 saturated heterocycles. The SMILES string of the molecule is OC1CNCc2nn(-c3ccc(F)cc3)cc21. The maximum Gasteiger partial charge on any atom is 0.123 e. The van der Waals surface area contributed by atoms with E-state index in [-0.39, 0.29) is 5.82 Å². The van der Waals surface area contributed by atoms with Gasteiger partial charge in [-0.15, -0.1) is 0 Å². The van der Waals surface area contributed by atoms with Crippen molar-refractivity contribution in [2.24, 2.45) is 0 Å². The van der Waals surface area contributed by atoms with Crippen LogP contribution < -0.4 is 5.32 Å². The molecule has 0 aliphatic carbocycles. The molecule has 1 aromatic heterocycles. The molecule has 3 rings (SSSR count). The van der Waals surface area contributed by atoms with Crippen molar-refractivity contribution in [3.05, 3.63) is 47.5 Å². The van der Waals surface area contributed by atoms with Gasteiger partial charge >= 0.3 is 0 Å². The van der Waals surface area contributed by atoms with Gasteiger partial charge in [0, 0.05) is 24.8 Å². The zero-order valence-corrected chi connectivity index (χ0v) is 9.10. The van der Waals surface area contributed by atoms with E-state index in [4.69, 9.17) is 0 Å². The summed E-state index contributed by atoms with van der Waals surface area (Å²) in [4.78, 5) is 0. The van der Waals surface area contributed by atoms with Crippen LogP contribution in [0.15, 0.2) is 30.5 Å². The number of halogens is 1. The summed E-state index contributed by atoms with van der Waals surface area (Å²) < 4.78 is 14.5. The van der Waals surface area contributed by atoms with E-state index in [2.05, 4.69) is 10.4 Å². The van der Waals surface area contributed by atoms with Crippen LogP contribution in [0, 0.1) is 5.82 Å². The van der Waals surface area contributed by atoms with Crippen molar-refractivity contribution in [2.45, 2.75) is 12.6 Å². The third-order valence-electron chi connectivity index (χ3n) is 2.90. The normalized spacial score (nSPS) is 19.1. The van der Waals surface area contributed by atoms with E-state index in [1.807, 2.05) is 0 Å². The number of hydrogen-bond donors (Lipinski definition) is 2. The second-order valence-corrected chi connectivity index (χ2v) is 4.10. The van der Waals surface area contributed by atoms with Crippen molar-refractivity contribution < 1.29 is 9.50 Å². The number of aromatic nitrogens is 2. The molecule has 1 aliphatic rings. The van der Waals surface area contributed by atoms with Crippen molar-refractivity contribution in [2.75, 3.05) is 6.54 Å². The van der Waals surface area contributed by atoms with Crippen molar-refractivity contribution in [3.63, 3.8) is 0 Å². The first-order valence-corrected chi connectivity index (χ1v) is 5.47. The molecule has 1 unspecified atom stereocenters. The molecule has 2 heterocycles. The summed E-state index contributed by atoms with van der Waals surface area (Å²) >= 11 is 0. The lowest BCUT2D eigenvalue weighted by Gasteiger charge is -2.16. The first-order chi connectivity index (χ1) is 8.24. The monoisotopic (exact) mass is 233 g/mol. The lowest BCUT2D eigenvalue weighted by Crippen LogP contribution is -2.27. The Balaban J connectivity index is 2.02. The van der Waals surface area contributed by atoms with Gasteiger partial charge in [-0.05, 0) is 24.3 Å². The Morgan fingerprint density at radius 3 is 2.82 bits per heavy atom. The molecule has 0 amide bonds. The molecule has 0 saturated carbocycles. The van der Waals surface area contributed by atoms with Gasteiger partial charge in [0.15, 0.2) is 0 Å². The van der Waals surface area contributed by atoms with E-state index < -0.39 is 6.10 Å². The fraction of sp³-hybridized carbons (Fsp3) is 0.250. The van der Waals surface area contributed by atoms with E-state index in [1.165, 1.54) is 12.1 Å². The van der Waals surface area contributed by atoms with Gasteiger partial charge in [-0.3, -0.25) is 0 Å². The molecule has 0 bridgehead atoms. The number of aliphatic hydroxyl groups excluding tert-OH is 1. The first-order valence-electron chi connectivity index (χ1n) is 5.47. The molecular weight excluding hydrogens is 221 g/mol. The lowest BCUT2D eigenvalue weighted by molar-refractivity contribution is 0.165. The van der Waals surface area contributed by atoms with Crippen LogP contribution >= 0.6 is 0 Å². The van der Waals surface area contributed by atoms with Crippen LogP contribution in [-0.4, -0.2) is 21.4 Å². The van der Waals surface area contributed by atoms with Gasteiger partial charge in [-0.2, -0.15) is 5.10 Å². The number of rotatable bonds is 1. The van der Waals surface area contributed by atoms with E-state index >= 15 is 0 Å². The van der Waals surface area contributed by atoms with Gasteiger partial charge in [-0.25, -0.2) is 9.07 Å².